The maximum Gasteiger partial charge on any atom is 0.416 e. The van der Waals surface area contributed by atoms with Gasteiger partial charge in [0.05, 0.1) is 16.9 Å². The summed E-state index contributed by atoms with van der Waals surface area (Å²) in [6.45, 7) is 1.36. The molecule has 2 aromatic carbocycles. The van der Waals surface area contributed by atoms with Crippen molar-refractivity contribution in [3.63, 3.8) is 0 Å². The predicted octanol–water partition coefficient (Wildman–Crippen LogP) is 5.10. The fourth-order valence-corrected chi connectivity index (χ4v) is 2.77. The first-order valence-corrected chi connectivity index (χ1v) is 7.34. The first-order chi connectivity index (χ1) is 10.3. The summed E-state index contributed by atoms with van der Waals surface area (Å²) in [6.07, 6.45) is -4.47. The van der Waals surface area contributed by atoms with Crippen LogP contribution in [0.15, 0.2) is 36.4 Å². The van der Waals surface area contributed by atoms with Crippen LogP contribution in [0, 0.1) is 3.57 Å². The van der Waals surface area contributed by atoms with Crippen molar-refractivity contribution in [3.8, 4) is 11.5 Å². The SMILES string of the molecule is CC(=O)N1c2ccc(C(F)(F)F)cc2Oc2ccc(I)cc21. The molecule has 1 amide bonds. The number of carbonyl (C=O) groups excluding carboxylic acids is 1. The van der Waals surface area contributed by atoms with Gasteiger partial charge in [-0.25, -0.2) is 0 Å². The first-order valence-electron chi connectivity index (χ1n) is 6.27. The van der Waals surface area contributed by atoms with Gasteiger partial charge in [-0.2, -0.15) is 13.2 Å². The highest BCUT2D eigenvalue weighted by molar-refractivity contribution is 14.1. The number of anilines is 2. The van der Waals surface area contributed by atoms with Gasteiger partial charge in [-0.1, -0.05) is 0 Å². The van der Waals surface area contributed by atoms with E-state index in [0.717, 1.165) is 15.7 Å². The molecule has 0 aliphatic carbocycles. The number of alkyl halides is 3. The highest BCUT2D eigenvalue weighted by Gasteiger charge is 2.34. The van der Waals surface area contributed by atoms with E-state index in [9.17, 15) is 18.0 Å². The fourth-order valence-electron chi connectivity index (χ4n) is 2.30. The number of fused-ring (bicyclic) bond motifs is 2. The van der Waals surface area contributed by atoms with Crippen LogP contribution in [-0.4, -0.2) is 5.91 Å². The lowest BCUT2D eigenvalue weighted by molar-refractivity contribution is -0.137. The maximum atomic E-state index is 12.8. The molecule has 22 heavy (non-hydrogen) atoms. The summed E-state index contributed by atoms with van der Waals surface area (Å²) in [4.78, 5) is 13.3. The molecule has 1 heterocycles. The fraction of sp³-hybridized carbons (Fsp3) is 0.133. The molecular weight excluding hydrogens is 410 g/mol. The molecule has 0 fully saturated rings. The molecule has 0 aromatic heterocycles. The highest BCUT2D eigenvalue weighted by Crippen LogP contribution is 2.48. The van der Waals surface area contributed by atoms with Crippen LogP contribution >= 0.6 is 22.6 Å². The summed E-state index contributed by atoms with van der Waals surface area (Å²) >= 11 is 2.09. The number of rotatable bonds is 0. The number of benzene rings is 2. The number of ether oxygens (including phenoxy) is 1. The molecule has 0 radical (unpaired) electrons. The maximum absolute atomic E-state index is 12.8. The third kappa shape index (κ3) is 2.53. The number of hydrogen-bond acceptors (Lipinski definition) is 2. The van der Waals surface area contributed by atoms with E-state index in [1.807, 2.05) is 0 Å². The Morgan fingerprint density at radius 1 is 1.09 bits per heavy atom. The third-order valence-electron chi connectivity index (χ3n) is 3.22. The second-order valence-electron chi connectivity index (χ2n) is 4.75. The van der Waals surface area contributed by atoms with Gasteiger partial charge in [-0.15, -0.1) is 0 Å². The number of hydrogen-bond donors (Lipinski definition) is 0. The summed E-state index contributed by atoms with van der Waals surface area (Å²) in [7, 11) is 0. The van der Waals surface area contributed by atoms with E-state index >= 15 is 0 Å². The molecule has 0 bridgehead atoms. The van der Waals surface area contributed by atoms with Gasteiger partial charge in [0.2, 0.25) is 5.91 Å². The molecule has 114 valence electrons. The van der Waals surface area contributed by atoms with E-state index in [4.69, 9.17) is 4.74 Å². The third-order valence-corrected chi connectivity index (χ3v) is 3.90. The van der Waals surface area contributed by atoms with Gasteiger partial charge in [0.1, 0.15) is 0 Å². The molecule has 0 saturated carbocycles. The average Bonchev–Trinajstić information content (AvgIpc) is 2.42. The minimum absolute atomic E-state index is 0.0127. The molecule has 0 saturated heterocycles. The number of amides is 1. The van der Waals surface area contributed by atoms with Crippen molar-refractivity contribution in [2.24, 2.45) is 0 Å². The minimum atomic E-state index is -4.47. The topological polar surface area (TPSA) is 29.5 Å². The van der Waals surface area contributed by atoms with Crippen molar-refractivity contribution < 1.29 is 22.7 Å². The molecule has 0 atom stereocenters. The molecule has 2 aromatic rings. The smallest absolute Gasteiger partial charge is 0.416 e. The summed E-state index contributed by atoms with van der Waals surface area (Å²) < 4.78 is 44.9. The number of halogens is 4. The average molecular weight is 419 g/mol. The lowest BCUT2D eigenvalue weighted by Gasteiger charge is -2.31. The standard InChI is InChI=1S/C15H9F3INO2/c1-8(21)20-11-4-2-9(15(16,17)18)6-14(11)22-13-5-3-10(19)7-12(13)20/h2-7H,1H3. The minimum Gasteiger partial charge on any atom is -0.453 e. The zero-order valence-electron chi connectivity index (χ0n) is 11.2. The van der Waals surface area contributed by atoms with Crippen molar-refractivity contribution in [2.45, 2.75) is 13.1 Å². The Morgan fingerprint density at radius 3 is 2.45 bits per heavy atom. The Bertz CT molecular complexity index is 774. The van der Waals surface area contributed by atoms with E-state index in [1.165, 1.54) is 17.9 Å². The van der Waals surface area contributed by atoms with E-state index in [-0.39, 0.29) is 11.7 Å². The Morgan fingerprint density at radius 2 is 1.82 bits per heavy atom. The van der Waals surface area contributed by atoms with Crippen LogP contribution < -0.4 is 9.64 Å². The molecule has 0 unspecified atom stereocenters. The van der Waals surface area contributed by atoms with Gasteiger partial charge in [-0.05, 0) is 59.0 Å². The molecule has 0 N–H and O–H groups in total. The Kier molecular flexibility index (Phi) is 3.54. The van der Waals surface area contributed by atoms with Crippen molar-refractivity contribution in [2.75, 3.05) is 4.90 Å². The van der Waals surface area contributed by atoms with E-state index < -0.39 is 11.7 Å². The van der Waals surface area contributed by atoms with Gasteiger partial charge >= 0.3 is 6.18 Å². The highest BCUT2D eigenvalue weighted by atomic mass is 127. The Hall–Kier alpha value is -1.77. The normalized spacial score (nSPS) is 13.2. The van der Waals surface area contributed by atoms with E-state index in [0.29, 0.717) is 17.1 Å². The van der Waals surface area contributed by atoms with E-state index in [2.05, 4.69) is 22.6 Å². The number of nitrogens with zero attached hydrogens (tertiary/aromatic N) is 1. The summed E-state index contributed by atoms with van der Waals surface area (Å²) in [5.74, 6) is 0.0636. The molecule has 0 spiro atoms. The molecule has 1 aliphatic rings. The zero-order chi connectivity index (χ0) is 16.1. The second-order valence-corrected chi connectivity index (χ2v) is 5.99. The molecular formula is C15H9F3INO2. The van der Waals surface area contributed by atoms with Crippen molar-refractivity contribution >= 4 is 39.9 Å². The molecule has 7 heteroatoms. The first kappa shape index (κ1) is 15.1. The molecule has 3 rings (SSSR count). The van der Waals surface area contributed by atoms with Gasteiger partial charge in [0.15, 0.2) is 11.5 Å². The van der Waals surface area contributed by atoms with Gasteiger partial charge in [0.25, 0.3) is 0 Å². The van der Waals surface area contributed by atoms with Crippen molar-refractivity contribution in [1.29, 1.82) is 0 Å². The molecule has 1 aliphatic heterocycles. The van der Waals surface area contributed by atoms with Crippen LogP contribution in [0.1, 0.15) is 12.5 Å². The Balaban J connectivity index is 2.18. The van der Waals surface area contributed by atoms with Crippen molar-refractivity contribution in [1.82, 2.24) is 0 Å². The van der Waals surface area contributed by atoms with Crippen LogP contribution in [0.4, 0.5) is 24.5 Å². The lowest BCUT2D eigenvalue weighted by Crippen LogP contribution is -2.26. The van der Waals surface area contributed by atoms with Crippen LogP contribution in [0.3, 0.4) is 0 Å². The van der Waals surface area contributed by atoms with Gasteiger partial charge in [-0.3, -0.25) is 9.69 Å². The second kappa shape index (κ2) is 5.15. The van der Waals surface area contributed by atoms with Crippen molar-refractivity contribution in [3.05, 3.63) is 45.5 Å². The number of carbonyl (C=O) groups is 1. The largest absolute Gasteiger partial charge is 0.453 e. The van der Waals surface area contributed by atoms with Crippen LogP contribution in [0.5, 0.6) is 11.5 Å². The lowest BCUT2D eigenvalue weighted by atomic mass is 10.1. The quantitative estimate of drug-likeness (QED) is 0.557. The van der Waals surface area contributed by atoms with Gasteiger partial charge < -0.3 is 4.74 Å². The van der Waals surface area contributed by atoms with E-state index in [1.54, 1.807) is 18.2 Å². The monoisotopic (exact) mass is 419 g/mol. The summed E-state index contributed by atoms with van der Waals surface area (Å²) in [6, 6.07) is 8.25. The Labute approximate surface area is 137 Å². The summed E-state index contributed by atoms with van der Waals surface area (Å²) in [5.41, 5.74) is 0.00497. The summed E-state index contributed by atoms with van der Waals surface area (Å²) in [5, 5.41) is 0. The zero-order valence-corrected chi connectivity index (χ0v) is 13.4. The van der Waals surface area contributed by atoms with Gasteiger partial charge in [0, 0.05) is 10.5 Å². The van der Waals surface area contributed by atoms with Crippen LogP contribution in [0.2, 0.25) is 0 Å². The van der Waals surface area contributed by atoms with Crippen LogP contribution in [0.25, 0.3) is 0 Å². The molecule has 3 nitrogen and oxygen atoms in total. The van der Waals surface area contributed by atoms with Crippen LogP contribution in [-0.2, 0) is 11.0 Å². The predicted molar refractivity (Wildman–Crippen MR) is 83.5 cm³/mol.